The first-order valence-electron chi connectivity index (χ1n) is 7.75. The number of carbonyl (C=O) groups excluding carboxylic acids is 1. The van der Waals surface area contributed by atoms with Crippen LogP contribution in [-0.2, 0) is 0 Å². The van der Waals surface area contributed by atoms with Crippen molar-refractivity contribution in [3.8, 4) is 11.9 Å². The number of para-hydroxylation sites is 1. The smallest absolute Gasteiger partial charge is 0.321 e. The minimum absolute atomic E-state index is 0.156. The molecule has 1 N–H and O–H groups in total. The molecule has 2 heterocycles. The number of urea groups is 1. The Hall–Kier alpha value is -3.14. The number of hydrogen-bond donors (Lipinski definition) is 1. The number of carbonyl (C=O) groups is 1. The molecule has 2 aromatic rings. The Balaban J connectivity index is 1.62. The van der Waals surface area contributed by atoms with Gasteiger partial charge < -0.3 is 15.0 Å². The van der Waals surface area contributed by atoms with Crippen molar-refractivity contribution in [3.63, 3.8) is 0 Å². The standard InChI is InChI=1S/C17H17N5O2/c18-11-15-16(20-9-8-19-15)24-14-7-4-10-22(12-14)17(23)21-13-5-2-1-3-6-13/h1-3,5-6,8-9,14H,4,7,10,12H2,(H,21,23). The van der Waals surface area contributed by atoms with Gasteiger partial charge in [0.15, 0.2) is 0 Å². The van der Waals surface area contributed by atoms with E-state index in [2.05, 4.69) is 15.3 Å². The van der Waals surface area contributed by atoms with Crippen molar-refractivity contribution in [2.75, 3.05) is 18.4 Å². The van der Waals surface area contributed by atoms with Crippen molar-refractivity contribution in [1.82, 2.24) is 14.9 Å². The van der Waals surface area contributed by atoms with Crippen LogP contribution in [-0.4, -0.2) is 40.1 Å². The summed E-state index contributed by atoms with van der Waals surface area (Å²) in [7, 11) is 0. The summed E-state index contributed by atoms with van der Waals surface area (Å²) in [6.45, 7) is 1.12. The molecule has 1 aliphatic rings. The Bertz CT molecular complexity index is 744. The van der Waals surface area contributed by atoms with Gasteiger partial charge in [-0.05, 0) is 25.0 Å². The van der Waals surface area contributed by atoms with Crippen LogP contribution in [0.3, 0.4) is 0 Å². The Morgan fingerprint density at radius 3 is 2.88 bits per heavy atom. The molecule has 2 amide bonds. The SMILES string of the molecule is N#Cc1nccnc1OC1CCCN(C(=O)Nc2ccccc2)C1. The average Bonchev–Trinajstić information content (AvgIpc) is 2.63. The second-order valence-electron chi connectivity index (χ2n) is 5.45. The predicted octanol–water partition coefficient (Wildman–Crippen LogP) is 2.42. The minimum Gasteiger partial charge on any atom is -0.470 e. The van der Waals surface area contributed by atoms with Crippen LogP contribution in [0, 0.1) is 11.3 Å². The van der Waals surface area contributed by atoms with Gasteiger partial charge in [-0.15, -0.1) is 0 Å². The molecule has 0 aliphatic carbocycles. The van der Waals surface area contributed by atoms with Crippen LogP contribution in [0.15, 0.2) is 42.7 Å². The lowest BCUT2D eigenvalue weighted by atomic mass is 10.1. The van der Waals surface area contributed by atoms with Gasteiger partial charge >= 0.3 is 6.03 Å². The molecule has 0 spiro atoms. The van der Waals surface area contributed by atoms with Gasteiger partial charge in [0.25, 0.3) is 5.88 Å². The second-order valence-corrected chi connectivity index (χ2v) is 5.45. The summed E-state index contributed by atoms with van der Waals surface area (Å²) in [6, 6.07) is 11.1. The van der Waals surface area contributed by atoms with Crippen LogP contribution in [0.2, 0.25) is 0 Å². The van der Waals surface area contributed by atoms with Crippen molar-refractivity contribution in [3.05, 3.63) is 48.4 Å². The van der Waals surface area contributed by atoms with E-state index in [4.69, 9.17) is 10.00 Å². The van der Waals surface area contributed by atoms with Crippen LogP contribution >= 0.6 is 0 Å². The highest BCUT2D eigenvalue weighted by atomic mass is 16.5. The van der Waals surface area contributed by atoms with Crippen LogP contribution in [0.4, 0.5) is 10.5 Å². The highest BCUT2D eigenvalue weighted by molar-refractivity contribution is 5.89. The van der Waals surface area contributed by atoms with E-state index in [1.165, 1.54) is 12.4 Å². The van der Waals surface area contributed by atoms with Crippen molar-refractivity contribution < 1.29 is 9.53 Å². The number of aromatic nitrogens is 2. The van der Waals surface area contributed by atoms with Gasteiger partial charge in [-0.2, -0.15) is 5.26 Å². The van der Waals surface area contributed by atoms with E-state index in [1.54, 1.807) is 4.90 Å². The number of nitrogens with zero attached hydrogens (tertiary/aromatic N) is 4. The monoisotopic (exact) mass is 323 g/mol. The van der Waals surface area contributed by atoms with E-state index >= 15 is 0 Å². The molecule has 7 nitrogen and oxygen atoms in total. The highest BCUT2D eigenvalue weighted by Crippen LogP contribution is 2.19. The quantitative estimate of drug-likeness (QED) is 0.936. The Morgan fingerprint density at radius 1 is 1.29 bits per heavy atom. The van der Waals surface area contributed by atoms with E-state index in [-0.39, 0.29) is 23.7 Å². The predicted molar refractivity (Wildman–Crippen MR) is 87.4 cm³/mol. The fourth-order valence-electron chi connectivity index (χ4n) is 2.59. The van der Waals surface area contributed by atoms with Crippen molar-refractivity contribution >= 4 is 11.7 Å². The Kier molecular flexibility index (Phi) is 4.87. The first-order chi connectivity index (χ1) is 11.8. The third kappa shape index (κ3) is 3.79. The summed E-state index contributed by atoms with van der Waals surface area (Å²) in [6.07, 6.45) is 4.36. The third-order valence-electron chi connectivity index (χ3n) is 3.74. The summed E-state index contributed by atoms with van der Waals surface area (Å²) < 4.78 is 5.79. The van der Waals surface area contributed by atoms with Crippen molar-refractivity contribution in [1.29, 1.82) is 5.26 Å². The number of nitriles is 1. The van der Waals surface area contributed by atoms with Gasteiger partial charge in [-0.1, -0.05) is 18.2 Å². The van der Waals surface area contributed by atoms with Crippen LogP contribution in [0.5, 0.6) is 5.88 Å². The third-order valence-corrected chi connectivity index (χ3v) is 3.74. The number of rotatable bonds is 3. The molecule has 1 aromatic heterocycles. The average molecular weight is 323 g/mol. The van der Waals surface area contributed by atoms with Gasteiger partial charge in [0.05, 0.1) is 6.54 Å². The first-order valence-corrected chi connectivity index (χ1v) is 7.75. The minimum atomic E-state index is -0.205. The number of hydrogen-bond acceptors (Lipinski definition) is 5. The summed E-state index contributed by atoms with van der Waals surface area (Å²) >= 11 is 0. The molecule has 0 bridgehead atoms. The molecule has 1 saturated heterocycles. The lowest BCUT2D eigenvalue weighted by Crippen LogP contribution is -2.46. The molecule has 122 valence electrons. The van der Waals surface area contributed by atoms with Crippen LogP contribution in [0.1, 0.15) is 18.5 Å². The summed E-state index contributed by atoms with van der Waals surface area (Å²) in [4.78, 5) is 22.1. The van der Waals surface area contributed by atoms with Gasteiger partial charge in [0, 0.05) is 24.6 Å². The van der Waals surface area contributed by atoms with Gasteiger partial charge in [-0.3, -0.25) is 0 Å². The number of likely N-dealkylation sites (tertiary alicyclic amines) is 1. The van der Waals surface area contributed by atoms with E-state index in [0.29, 0.717) is 13.1 Å². The molecule has 7 heteroatoms. The molecule has 1 aliphatic heterocycles. The maximum absolute atomic E-state index is 12.4. The molecule has 1 aromatic carbocycles. The zero-order valence-corrected chi connectivity index (χ0v) is 13.1. The fourth-order valence-corrected chi connectivity index (χ4v) is 2.59. The van der Waals surface area contributed by atoms with Crippen molar-refractivity contribution in [2.45, 2.75) is 18.9 Å². The number of piperidine rings is 1. The molecule has 3 rings (SSSR count). The lowest BCUT2D eigenvalue weighted by molar-refractivity contribution is 0.102. The van der Waals surface area contributed by atoms with E-state index < -0.39 is 0 Å². The Morgan fingerprint density at radius 2 is 2.08 bits per heavy atom. The normalized spacial score (nSPS) is 17.0. The molecule has 1 unspecified atom stereocenters. The summed E-state index contributed by atoms with van der Waals surface area (Å²) in [5.74, 6) is 0.218. The fraction of sp³-hybridized carbons (Fsp3) is 0.294. The topological polar surface area (TPSA) is 91.1 Å². The van der Waals surface area contributed by atoms with E-state index in [1.807, 2.05) is 36.4 Å². The van der Waals surface area contributed by atoms with Crippen LogP contribution in [0.25, 0.3) is 0 Å². The lowest BCUT2D eigenvalue weighted by Gasteiger charge is -2.32. The second kappa shape index (κ2) is 7.42. The molecule has 1 fully saturated rings. The first kappa shape index (κ1) is 15.7. The molecule has 0 saturated carbocycles. The van der Waals surface area contributed by atoms with E-state index in [9.17, 15) is 4.79 Å². The number of nitrogens with one attached hydrogen (secondary N) is 1. The largest absolute Gasteiger partial charge is 0.470 e. The maximum Gasteiger partial charge on any atom is 0.321 e. The van der Waals surface area contributed by atoms with Crippen LogP contribution < -0.4 is 10.1 Å². The summed E-state index contributed by atoms with van der Waals surface area (Å²) in [5, 5.41) is 11.9. The summed E-state index contributed by atoms with van der Waals surface area (Å²) in [5.41, 5.74) is 0.912. The zero-order chi connectivity index (χ0) is 16.8. The number of anilines is 1. The van der Waals surface area contributed by atoms with Gasteiger partial charge in [-0.25, -0.2) is 14.8 Å². The molecule has 24 heavy (non-hydrogen) atoms. The number of amides is 2. The zero-order valence-electron chi connectivity index (χ0n) is 13.1. The van der Waals surface area contributed by atoms with Gasteiger partial charge in [0.2, 0.25) is 5.69 Å². The highest BCUT2D eigenvalue weighted by Gasteiger charge is 2.26. The molecule has 1 atom stereocenters. The number of benzene rings is 1. The molecule has 0 radical (unpaired) electrons. The maximum atomic E-state index is 12.4. The Labute approximate surface area is 139 Å². The molecular weight excluding hydrogens is 306 g/mol. The number of ether oxygens (including phenoxy) is 1. The molecular formula is C17H17N5O2. The van der Waals surface area contributed by atoms with Crippen molar-refractivity contribution in [2.24, 2.45) is 0 Å². The van der Waals surface area contributed by atoms with E-state index in [0.717, 1.165) is 18.5 Å². The van der Waals surface area contributed by atoms with Gasteiger partial charge in [0.1, 0.15) is 12.2 Å².